The molecular weight excluding hydrogens is 260 g/mol. The van der Waals surface area contributed by atoms with Gasteiger partial charge in [-0.15, -0.1) is 0 Å². The van der Waals surface area contributed by atoms with E-state index in [2.05, 4.69) is 18.6 Å². The fourth-order valence-corrected chi connectivity index (χ4v) is 2.81. The summed E-state index contributed by atoms with van der Waals surface area (Å²) in [6.07, 6.45) is 17.9. The predicted octanol–water partition coefficient (Wildman–Crippen LogP) is 6.28. The summed E-state index contributed by atoms with van der Waals surface area (Å²) in [6, 6.07) is 0. The van der Waals surface area contributed by atoms with E-state index in [1.54, 1.807) is 0 Å². The summed E-state index contributed by atoms with van der Waals surface area (Å²) in [7, 11) is 1.47. The van der Waals surface area contributed by atoms with Crippen LogP contribution < -0.4 is 0 Å². The first kappa shape index (κ1) is 20.5. The first-order chi connectivity index (χ1) is 10.2. The lowest BCUT2D eigenvalue weighted by atomic mass is 9.96. The van der Waals surface area contributed by atoms with Gasteiger partial charge in [-0.25, -0.2) is 0 Å². The van der Waals surface area contributed by atoms with Crippen molar-refractivity contribution in [1.29, 1.82) is 0 Å². The number of unbranched alkanes of at least 4 members (excludes halogenated alkanes) is 9. The molecule has 0 rings (SSSR count). The van der Waals surface area contributed by atoms with Gasteiger partial charge in [0.05, 0.1) is 7.11 Å². The van der Waals surface area contributed by atoms with Gasteiger partial charge in [0.25, 0.3) is 0 Å². The minimum absolute atomic E-state index is 0.0666. The van der Waals surface area contributed by atoms with Gasteiger partial charge in [0, 0.05) is 6.42 Å². The Bertz CT molecular complexity index is 226. The fraction of sp³-hybridized carbons (Fsp3) is 0.947. The van der Waals surface area contributed by atoms with Crippen LogP contribution in [0.3, 0.4) is 0 Å². The van der Waals surface area contributed by atoms with Crippen LogP contribution in [0.4, 0.5) is 0 Å². The Morgan fingerprint density at radius 2 is 1.29 bits per heavy atom. The average molecular weight is 299 g/mol. The molecule has 0 spiro atoms. The van der Waals surface area contributed by atoms with Crippen LogP contribution in [0.1, 0.15) is 104 Å². The van der Waals surface area contributed by atoms with Gasteiger partial charge in [-0.05, 0) is 12.3 Å². The van der Waals surface area contributed by atoms with E-state index >= 15 is 0 Å². The maximum Gasteiger partial charge on any atom is 0.305 e. The third-order valence-corrected chi connectivity index (χ3v) is 4.36. The summed E-state index contributed by atoms with van der Waals surface area (Å²) in [5, 5.41) is 0. The normalized spacial score (nSPS) is 12.3. The Balaban J connectivity index is 3.13. The molecule has 0 saturated carbocycles. The lowest BCUT2D eigenvalue weighted by Crippen LogP contribution is -1.99. The Kier molecular flexibility index (Phi) is 15.5. The molecule has 2 heteroatoms. The number of hydrogen-bond acceptors (Lipinski definition) is 2. The summed E-state index contributed by atoms with van der Waals surface area (Å²) in [5.41, 5.74) is 0. The zero-order valence-electron chi connectivity index (χ0n) is 14.8. The van der Waals surface area contributed by atoms with E-state index in [1.807, 2.05) is 0 Å². The number of rotatable bonds is 15. The molecular formula is C19H38O2. The second-order valence-electron chi connectivity index (χ2n) is 6.54. The Morgan fingerprint density at radius 3 is 1.81 bits per heavy atom. The molecule has 0 aromatic rings. The number of methoxy groups -OCH3 is 1. The maximum absolute atomic E-state index is 10.9. The summed E-state index contributed by atoms with van der Waals surface area (Å²) in [5.74, 6) is 0.859. The number of ether oxygens (including phenoxy) is 1. The molecule has 0 aliphatic carbocycles. The van der Waals surface area contributed by atoms with E-state index < -0.39 is 0 Å². The second kappa shape index (κ2) is 15.9. The van der Waals surface area contributed by atoms with Crippen molar-refractivity contribution in [2.24, 2.45) is 5.92 Å². The van der Waals surface area contributed by atoms with Gasteiger partial charge in [-0.2, -0.15) is 0 Å². The zero-order chi connectivity index (χ0) is 15.8. The van der Waals surface area contributed by atoms with Crippen LogP contribution in [0.5, 0.6) is 0 Å². The standard InChI is InChI=1S/C19H38O2/c1-4-5-12-15-18(2)16-13-10-8-6-7-9-11-14-17-19(20)21-3/h18H,4-17H2,1-3H3. The lowest BCUT2D eigenvalue weighted by Gasteiger charge is -2.10. The highest BCUT2D eigenvalue weighted by atomic mass is 16.5. The molecule has 0 amide bonds. The molecule has 0 radical (unpaired) electrons. The van der Waals surface area contributed by atoms with Crippen LogP contribution >= 0.6 is 0 Å². The first-order valence-electron chi connectivity index (χ1n) is 9.27. The van der Waals surface area contributed by atoms with E-state index in [1.165, 1.54) is 84.2 Å². The molecule has 1 atom stereocenters. The van der Waals surface area contributed by atoms with Gasteiger partial charge >= 0.3 is 5.97 Å². The third-order valence-electron chi connectivity index (χ3n) is 4.36. The van der Waals surface area contributed by atoms with Crippen molar-refractivity contribution in [3.8, 4) is 0 Å². The van der Waals surface area contributed by atoms with Gasteiger partial charge in [0.15, 0.2) is 0 Å². The molecule has 0 aromatic heterocycles. The Labute approximate surface area is 133 Å². The third kappa shape index (κ3) is 15.7. The van der Waals surface area contributed by atoms with Crippen molar-refractivity contribution in [3.05, 3.63) is 0 Å². The summed E-state index contributed by atoms with van der Waals surface area (Å²) >= 11 is 0. The van der Waals surface area contributed by atoms with Gasteiger partial charge in [-0.1, -0.05) is 90.9 Å². The van der Waals surface area contributed by atoms with E-state index in [4.69, 9.17) is 0 Å². The highest BCUT2D eigenvalue weighted by Crippen LogP contribution is 2.17. The largest absolute Gasteiger partial charge is 0.469 e. The molecule has 0 fully saturated rings. The Hall–Kier alpha value is -0.530. The molecule has 0 aliphatic rings. The highest BCUT2D eigenvalue weighted by molar-refractivity contribution is 5.68. The van der Waals surface area contributed by atoms with Crippen LogP contribution in [0.15, 0.2) is 0 Å². The average Bonchev–Trinajstić information content (AvgIpc) is 2.49. The zero-order valence-corrected chi connectivity index (χ0v) is 14.8. The molecule has 1 unspecified atom stereocenters. The molecule has 0 N–H and O–H groups in total. The molecule has 126 valence electrons. The lowest BCUT2D eigenvalue weighted by molar-refractivity contribution is -0.140. The van der Waals surface area contributed by atoms with E-state index in [-0.39, 0.29) is 5.97 Å². The highest BCUT2D eigenvalue weighted by Gasteiger charge is 2.02. The first-order valence-corrected chi connectivity index (χ1v) is 9.27. The van der Waals surface area contributed by atoms with Crippen molar-refractivity contribution in [2.75, 3.05) is 7.11 Å². The smallest absolute Gasteiger partial charge is 0.305 e. The van der Waals surface area contributed by atoms with Crippen LogP contribution in [0.2, 0.25) is 0 Å². The van der Waals surface area contributed by atoms with E-state index in [0.717, 1.165) is 12.3 Å². The summed E-state index contributed by atoms with van der Waals surface area (Å²) in [6.45, 7) is 4.69. The van der Waals surface area contributed by atoms with Gasteiger partial charge in [0.2, 0.25) is 0 Å². The molecule has 0 aliphatic heterocycles. The van der Waals surface area contributed by atoms with Crippen LogP contribution in [0, 0.1) is 5.92 Å². The SMILES string of the molecule is CCCCCC(C)CCCCCCCCCCC(=O)OC. The van der Waals surface area contributed by atoms with Crippen molar-refractivity contribution < 1.29 is 9.53 Å². The molecule has 0 aromatic carbocycles. The monoisotopic (exact) mass is 298 g/mol. The molecule has 0 bridgehead atoms. The summed E-state index contributed by atoms with van der Waals surface area (Å²) in [4.78, 5) is 10.9. The molecule has 0 saturated heterocycles. The molecule has 21 heavy (non-hydrogen) atoms. The van der Waals surface area contributed by atoms with Crippen LogP contribution in [-0.2, 0) is 9.53 Å². The Morgan fingerprint density at radius 1 is 0.810 bits per heavy atom. The number of carbonyl (C=O) groups excluding carboxylic acids is 1. The van der Waals surface area contributed by atoms with Gasteiger partial charge in [-0.3, -0.25) is 4.79 Å². The number of hydrogen-bond donors (Lipinski definition) is 0. The minimum atomic E-state index is -0.0666. The van der Waals surface area contributed by atoms with Gasteiger partial charge < -0.3 is 4.74 Å². The number of esters is 1. The summed E-state index contributed by atoms with van der Waals surface area (Å²) < 4.78 is 4.63. The maximum atomic E-state index is 10.9. The van der Waals surface area contributed by atoms with Crippen molar-refractivity contribution in [2.45, 2.75) is 104 Å². The van der Waals surface area contributed by atoms with Crippen molar-refractivity contribution >= 4 is 5.97 Å². The van der Waals surface area contributed by atoms with Crippen molar-refractivity contribution in [3.63, 3.8) is 0 Å². The molecule has 0 heterocycles. The predicted molar refractivity (Wildman–Crippen MR) is 91.5 cm³/mol. The minimum Gasteiger partial charge on any atom is -0.469 e. The van der Waals surface area contributed by atoms with Crippen LogP contribution in [-0.4, -0.2) is 13.1 Å². The quantitative estimate of drug-likeness (QED) is 0.263. The van der Waals surface area contributed by atoms with E-state index in [0.29, 0.717) is 6.42 Å². The van der Waals surface area contributed by atoms with Crippen molar-refractivity contribution in [1.82, 2.24) is 0 Å². The van der Waals surface area contributed by atoms with E-state index in [9.17, 15) is 4.79 Å². The van der Waals surface area contributed by atoms with Gasteiger partial charge in [0.1, 0.15) is 0 Å². The fourth-order valence-electron chi connectivity index (χ4n) is 2.81. The number of carbonyl (C=O) groups is 1. The molecule has 2 nitrogen and oxygen atoms in total. The topological polar surface area (TPSA) is 26.3 Å². The van der Waals surface area contributed by atoms with Crippen LogP contribution in [0.25, 0.3) is 0 Å². The second-order valence-corrected chi connectivity index (χ2v) is 6.54.